The fraction of sp³-hybridized carbons (Fsp3) is 0.500. The van der Waals surface area contributed by atoms with Crippen LogP contribution in [0, 0.1) is 0 Å². The first-order valence-corrected chi connectivity index (χ1v) is 7.93. The van der Waals surface area contributed by atoms with Crippen molar-refractivity contribution in [2.24, 2.45) is 0 Å². The molecule has 0 bridgehead atoms. The van der Waals surface area contributed by atoms with Crippen molar-refractivity contribution in [2.45, 2.75) is 6.04 Å². The first-order chi connectivity index (χ1) is 11.0. The molecule has 2 rings (SSSR count). The number of amides is 2. The molecule has 23 heavy (non-hydrogen) atoms. The third-order valence-electron chi connectivity index (χ3n) is 3.87. The highest BCUT2D eigenvalue weighted by molar-refractivity contribution is 6.30. The summed E-state index contributed by atoms with van der Waals surface area (Å²) in [5, 5.41) is 3.26. The number of rotatable bonds is 5. The number of nitrogens with zero attached hydrogens (tertiary/aromatic N) is 2. The van der Waals surface area contributed by atoms with Crippen LogP contribution < -0.4 is 5.32 Å². The Balaban J connectivity index is 2.10. The van der Waals surface area contributed by atoms with E-state index in [0.29, 0.717) is 31.3 Å². The Bertz CT molecular complexity index is 544. The number of carbonyl (C=O) groups is 2. The van der Waals surface area contributed by atoms with Crippen LogP contribution in [-0.2, 0) is 14.3 Å². The van der Waals surface area contributed by atoms with E-state index in [4.69, 9.17) is 16.3 Å². The summed E-state index contributed by atoms with van der Waals surface area (Å²) >= 11 is 5.91. The van der Waals surface area contributed by atoms with Crippen molar-refractivity contribution in [1.29, 1.82) is 0 Å². The molecule has 1 aliphatic heterocycles. The number of ether oxygens (including phenoxy) is 1. The average molecular weight is 340 g/mol. The molecule has 1 atom stereocenters. The lowest BCUT2D eigenvalue weighted by Gasteiger charge is -2.31. The highest BCUT2D eigenvalue weighted by atomic mass is 35.5. The van der Waals surface area contributed by atoms with E-state index < -0.39 is 6.04 Å². The molecule has 0 unspecified atom stereocenters. The van der Waals surface area contributed by atoms with Crippen molar-refractivity contribution in [3.05, 3.63) is 34.9 Å². The quantitative estimate of drug-likeness (QED) is 0.866. The minimum absolute atomic E-state index is 0.00123. The zero-order valence-electron chi connectivity index (χ0n) is 13.4. The molecule has 1 aromatic carbocycles. The molecule has 1 aliphatic rings. The maximum atomic E-state index is 12.4. The van der Waals surface area contributed by atoms with Gasteiger partial charge < -0.3 is 15.0 Å². The first kappa shape index (κ1) is 17.7. The third-order valence-corrected chi connectivity index (χ3v) is 4.12. The van der Waals surface area contributed by atoms with Gasteiger partial charge in [0, 0.05) is 25.2 Å². The smallest absolute Gasteiger partial charge is 0.241 e. The Morgan fingerprint density at radius 2 is 1.91 bits per heavy atom. The molecule has 1 N–H and O–H groups in total. The molecular weight excluding hydrogens is 318 g/mol. The highest BCUT2D eigenvalue weighted by Gasteiger charge is 2.27. The van der Waals surface area contributed by atoms with Crippen LogP contribution in [-0.4, -0.2) is 68.6 Å². The van der Waals surface area contributed by atoms with Gasteiger partial charge in [0.25, 0.3) is 0 Å². The fourth-order valence-electron chi connectivity index (χ4n) is 2.61. The van der Waals surface area contributed by atoms with Crippen LogP contribution in [0.15, 0.2) is 24.3 Å². The maximum absolute atomic E-state index is 12.4. The molecule has 1 fully saturated rings. The van der Waals surface area contributed by atoms with Crippen molar-refractivity contribution in [3.63, 3.8) is 0 Å². The molecule has 7 heteroatoms. The van der Waals surface area contributed by atoms with Crippen LogP contribution in [0.1, 0.15) is 11.6 Å². The minimum Gasteiger partial charge on any atom is -0.378 e. The van der Waals surface area contributed by atoms with E-state index in [-0.39, 0.29) is 18.4 Å². The molecule has 0 aromatic heterocycles. The molecule has 0 saturated carbocycles. The molecule has 1 saturated heterocycles. The monoisotopic (exact) mass is 339 g/mol. The molecule has 126 valence electrons. The second-order valence-corrected chi connectivity index (χ2v) is 5.91. The normalized spacial score (nSPS) is 16.3. The topological polar surface area (TPSA) is 61.9 Å². The zero-order chi connectivity index (χ0) is 16.8. The Kier molecular flexibility index (Phi) is 6.38. The van der Waals surface area contributed by atoms with Crippen molar-refractivity contribution in [1.82, 2.24) is 15.1 Å². The molecule has 2 amide bonds. The van der Waals surface area contributed by atoms with Gasteiger partial charge >= 0.3 is 0 Å². The summed E-state index contributed by atoms with van der Waals surface area (Å²) in [6.07, 6.45) is 0. The number of hydrogen-bond donors (Lipinski definition) is 1. The standard InChI is InChI=1S/C16H22ClN3O3/c1-18-16(22)15(12-3-5-13(17)6-4-12)19(2)11-14(21)20-7-9-23-10-8-20/h3-6,15H,7-11H2,1-2H3,(H,18,22)/t15-/m0/s1. The molecule has 6 nitrogen and oxygen atoms in total. The van der Waals surface area contributed by atoms with E-state index in [1.54, 1.807) is 48.2 Å². The molecule has 0 radical (unpaired) electrons. The highest BCUT2D eigenvalue weighted by Crippen LogP contribution is 2.22. The number of hydrogen-bond acceptors (Lipinski definition) is 4. The van der Waals surface area contributed by atoms with Gasteiger partial charge in [0.05, 0.1) is 19.8 Å². The number of nitrogens with one attached hydrogen (secondary N) is 1. The SMILES string of the molecule is CNC(=O)[C@H](c1ccc(Cl)cc1)N(C)CC(=O)N1CCOCC1. The lowest BCUT2D eigenvalue weighted by molar-refractivity contribution is -0.137. The second-order valence-electron chi connectivity index (χ2n) is 5.48. The van der Waals surface area contributed by atoms with Crippen LogP contribution in [0.5, 0.6) is 0 Å². The van der Waals surface area contributed by atoms with Crippen molar-refractivity contribution in [2.75, 3.05) is 46.9 Å². The summed E-state index contributed by atoms with van der Waals surface area (Å²) in [6.45, 7) is 2.48. The van der Waals surface area contributed by atoms with Crippen LogP contribution in [0.3, 0.4) is 0 Å². The number of benzene rings is 1. The van der Waals surface area contributed by atoms with Gasteiger partial charge in [-0.15, -0.1) is 0 Å². The molecule has 0 aliphatic carbocycles. The minimum atomic E-state index is -0.540. The van der Waals surface area contributed by atoms with E-state index in [2.05, 4.69) is 5.32 Å². The number of likely N-dealkylation sites (N-methyl/N-ethyl adjacent to an activating group) is 2. The van der Waals surface area contributed by atoms with E-state index in [9.17, 15) is 9.59 Å². The van der Waals surface area contributed by atoms with Gasteiger partial charge in [-0.05, 0) is 24.7 Å². The maximum Gasteiger partial charge on any atom is 0.241 e. The summed E-state index contributed by atoms with van der Waals surface area (Å²) < 4.78 is 5.25. The van der Waals surface area contributed by atoms with Crippen molar-refractivity contribution >= 4 is 23.4 Å². The van der Waals surface area contributed by atoms with E-state index >= 15 is 0 Å². The van der Waals surface area contributed by atoms with Gasteiger partial charge in [0.2, 0.25) is 11.8 Å². The zero-order valence-corrected chi connectivity index (χ0v) is 14.2. The van der Waals surface area contributed by atoms with Gasteiger partial charge in [-0.2, -0.15) is 0 Å². The Labute approximate surface area is 141 Å². The lowest BCUT2D eigenvalue weighted by atomic mass is 10.0. The predicted octanol–water partition coefficient (Wildman–Crippen LogP) is 0.918. The Morgan fingerprint density at radius 3 is 2.48 bits per heavy atom. The summed E-state index contributed by atoms with van der Waals surface area (Å²) in [4.78, 5) is 28.2. The molecule has 1 aromatic rings. The van der Waals surface area contributed by atoms with E-state index in [1.165, 1.54) is 0 Å². The summed E-state index contributed by atoms with van der Waals surface area (Å²) in [6, 6.07) is 6.55. The van der Waals surface area contributed by atoms with Crippen LogP contribution in [0.25, 0.3) is 0 Å². The Hall–Kier alpha value is -1.63. The lowest BCUT2D eigenvalue weighted by Crippen LogP contribution is -2.47. The van der Waals surface area contributed by atoms with Gasteiger partial charge in [-0.1, -0.05) is 23.7 Å². The van der Waals surface area contributed by atoms with Gasteiger partial charge in [-0.3, -0.25) is 14.5 Å². The first-order valence-electron chi connectivity index (χ1n) is 7.55. The predicted molar refractivity (Wildman–Crippen MR) is 88.3 cm³/mol. The largest absolute Gasteiger partial charge is 0.378 e. The molecule has 1 heterocycles. The van der Waals surface area contributed by atoms with Crippen LogP contribution >= 0.6 is 11.6 Å². The molecule has 0 spiro atoms. The van der Waals surface area contributed by atoms with Crippen LogP contribution in [0.2, 0.25) is 5.02 Å². The van der Waals surface area contributed by atoms with Gasteiger partial charge in [-0.25, -0.2) is 0 Å². The van der Waals surface area contributed by atoms with Crippen molar-refractivity contribution < 1.29 is 14.3 Å². The van der Waals surface area contributed by atoms with Crippen molar-refractivity contribution in [3.8, 4) is 0 Å². The van der Waals surface area contributed by atoms with E-state index in [1.807, 2.05) is 0 Å². The third kappa shape index (κ3) is 4.67. The number of morpholine rings is 1. The fourth-order valence-corrected chi connectivity index (χ4v) is 2.73. The summed E-state index contributed by atoms with van der Waals surface area (Å²) in [5.74, 6) is -0.164. The Morgan fingerprint density at radius 1 is 1.30 bits per heavy atom. The average Bonchev–Trinajstić information content (AvgIpc) is 2.57. The number of carbonyl (C=O) groups excluding carboxylic acids is 2. The van der Waals surface area contributed by atoms with Gasteiger partial charge in [0.1, 0.15) is 6.04 Å². The molecular formula is C16H22ClN3O3. The number of halogens is 1. The summed E-state index contributed by atoms with van der Waals surface area (Å²) in [7, 11) is 3.36. The second kappa shape index (κ2) is 8.29. The van der Waals surface area contributed by atoms with Crippen LogP contribution in [0.4, 0.5) is 0 Å². The summed E-state index contributed by atoms with van der Waals surface area (Å²) in [5.41, 5.74) is 0.797. The van der Waals surface area contributed by atoms with Gasteiger partial charge in [0.15, 0.2) is 0 Å². The van der Waals surface area contributed by atoms with E-state index in [0.717, 1.165) is 5.56 Å².